The third-order valence-electron chi connectivity index (χ3n) is 3.87. The molecular weight excluding hydrogens is 218 g/mol. The van der Waals surface area contributed by atoms with Crippen molar-refractivity contribution in [3.8, 4) is 0 Å². The Hall–Kier alpha value is -0.820. The monoisotopic (exact) mass is 247 g/mol. The SMILES string of the molecule is C=C/C=C(\C=C)CCCNCCC1CCCCC1. The van der Waals surface area contributed by atoms with Gasteiger partial charge < -0.3 is 5.32 Å². The lowest BCUT2D eigenvalue weighted by Crippen LogP contribution is -2.20. The van der Waals surface area contributed by atoms with E-state index >= 15 is 0 Å². The molecule has 102 valence electrons. The molecule has 0 aromatic carbocycles. The first-order chi connectivity index (χ1) is 8.86. The molecule has 0 spiro atoms. The third-order valence-corrected chi connectivity index (χ3v) is 3.87. The zero-order chi connectivity index (χ0) is 13.1. The molecule has 1 fully saturated rings. The van der Waals surface area contributed by atoms with E-state index < -0.39 is 0 Å². The highest BCUT2D eigenvalue weighted by Gasteiger charge is 2.12. The topological polar surface area (TPSA) is 12.0 Å². The summed E-state index contributed by atoms with van der Waals surface area (Å²) in [4.78, 5) is 0. The van der Waals surface area contributed by atoms with Gasteiger partial charge in [0.2, 0.25) is 0 Å². The second-order valence-corrected chi connectivity index (χ2v) is 5.33. The maximum absolute atomic E-state index is 3.82. The van der Waals surface area contributed by atoms with Crippen LogP contribution in [-0.2, 0) is 0 Å². The van der Waals surface area contributed by atoms with Crippen molar-refractivity contribution in [3.63, 3.8) is 0 Å². The lowest BCUT2D eigenvalue weighted by molar-refractivity contribution is 0.334. The van der Waals surface area contributed by atoms with E-state index in [4.69, 9.17) is 0 Å². The molecule has 0 heterocycles. The maximum Gasteiger partial charge on any atom is -0.00457 e. The standard InChI is InChI=1S/C17H29N/c1-3-9-16(4-2)12-8-14-18-15-13-17-10-6-5-7-11-17/h3-4,9,17-18H,1-2,5-8,10-15H2/b16-9+. The van der Waals surface area contributed by atoms with Gasteiger partial charge in [-0.1, -0.05) is 63.5 Å². The van der Waals surface area contributed by atoms with Gasteiger partial charge in [-0.25, -0.2) is 0 Å². The fourth-order valence-corrected chi connectivity index (χ4v) is 2.73. The summed E-state index contributed by atoms with van der Waals surface area (Å²) < 4.78 is 0. The fourth-order valence-electron chi connectivity index (χ4n) is 2.73. The van der Waals surface area contributed by atoms with Gasteiger partial charge in [-0.2, -0.15) is 0 Å². The van der Waals surface area contributed by atoms with Crippen molar-refractivity contribution in [3.05, 3.63) is 37.0 Å². The Morgan fingerprint density at radius 3 is 2.56 bits per heavy atom. The van der Waals surface area contributed by atoms with Gasteiger partial charge in [0.25, 0.3) is 0 Å². The van der Waals surface area contributed by atoms with Crippen molar-refractivity contribution in [1.82, 2.24) is 5.32 Å². The van der Waals surface area contributed by atoms with Crippen molar-refractivity contribution in [2.24, 2.45) is 5.92 Å². The Morgan fingerprint density at radius 1 is 1.11 bits per heavy atom. The molecule has 0 aromatic heterocycles. The maximum atomic E-state index is 3.82. The molecule has 1 saturated carbocycles. The average molecular weight is 247 g/mol. The minimum Gasteiger partial charge on any atom is -0.317 e. The molecule has 0 radical (unpaired) electrons. The highest BCUT2D eigenvalue weighted by molar-refractivity contribution is 5.20. The smallest absolute Gasteiger partial charge is 0.00457 e. The normalized spacial score (nSPS) is 17.7. The Labute approximate surface area is 113 Å². The summed E-state index contributed by atoms with van der Waals surface area (Å²) in [7, 11) is 0. The summed E-state index contributed by atoms with van der Waals surface area (Å²) in [5.74, 6) is 0.996. The summed E-state index contributed by atoms with van der Waals surface area (Å²) in [5.41, 5.74) is 1.29. The minimum atomic E-state index is 0.996. The molecule has 0 bridgehead atoms. The zero-order valence-electron chi connectivity index (χ0n) is 11.8. The van der Waals surface area contributed by atoms with Crippen LogP contribution in [0.3, 0.4) is 0 Å². The van der Waals surface area contributed by atoms with Crippen LogP contribution in [0.2, 0.25) is 0 Å². The van der Waals surface area contributed by atoms with E-state index in [0.717, 1.165) is 18.9 Å². The van der Waals surface area contributed by atoms with Crippen molar-refractivity contribution in [2.45, 2.75) is 51.4 Å². The highest BCUT2D eigenvalue weighted by Crippen LogP contribution is 2.25. The number of hydrogen-bond acceptors (Lipinski definition) is 1. The molecule has 0 aromatic rings. The lowest BCUT2D eigenvalue weighted by Gasteiger charge is -2.21. The number of nitrogens with one attached hydrogen (secondary N) is 1. The summed E-state index contributed by atoms with van der Waals surface area (Å²) in [6.45, 7) is 9.85. The van der Waals surface area contributed by atoms with Crippen LogP contribution in [0.15, 0.2) is 37.0 Å². The Morgan fingerprint density at radius 2 is 1.89 bits per heavy atom. The highest BCUT2D eigenvalue weighted by atomic mass is 14.8. The van der Waals surface area contributed by atoms with E-state index in [2.05, 4.69) is 24.6 Å². The van der Waals surface area contributed by atoms with E-state index in [1.165, 1.54) is 57.1 Å². The molecule has 0 amide bonds. The lowest BCUT2D eigenvalue weighted by atomic mass is 9.87. The van der Waals surface area contributed by atoms with E-state index in [-0.39, 0.29) is 0 Å². The molecule has 18 heavy (non-hydrogen) atoms. The quantitative estimate of drug-likeness (QED) is 0.463. The summed E-state index contributed by atoms with van der Waals surface area (Å²) in [6, 6.07) is 0. The molecule has 1 rings (SSSR count). The summed E-state index contributed by atoms with van der Waals surface area (Å²) >= 11 is 0. The largest absolute Gasteiger partial charge is 0.317 e. The van der Waals surface area contributed by atoms with Crippen LogP contribution in [0.1, 0.15) is 51.4 Å². The molecular formula is C17H29N. The van der Waals surface area contributed by atoms with Crippen LogP contribution >= 0.6 is 0 Å². The minimum absolute atomic E-state index is 0.996. The number of allylic oxidation sites excluding steroid dienone is 4. The van der Waals surface area contributed by atoms with Crippen molar-refractivity contribution < 1.29 is 0 Å². The van der Waals surface area contributed by atoms with Crippen molar-refractivity contribution in [1.29, 1.82) is 0 Å². The molecule has 1 heteroatoms. The predicted molar refractivity (Wildman–Crippen MR) is 81.8 cm³/mol. The molecule has 0 atom stereocenters. The van der Waals surface area contributed by atoms with Gasteiger partial charge in [0.05, 0.1) is 0 Å². The first-order valence-electron chi connectivity index (χ1n) is 7.51. The zero-order valence-corrected chi connectivity index (χ0v) is 11.8. The van der Waals surface area contributed by atoms with E-state index in [1.54, 1.807) is 0 Å². The van der Waals surface area contributed by atoms with Crippen molar-refractivity contribution >= 4 is 0 Å². The molecule has 0 aliphatic heterocycles. The van der Waals surface area contributed by atoms with Gasteiger partial charge in [0, 0.05) is 0 Å². The molecule has 1 aliphatic rings. The van der Waals surface area contributed by atoms with Crippen molar-refractivity contribution in [2.75, 3.05) is 13.1 Å². The van der Waals surface area contributed by atoms with E-state index in [9.17, 15) is 0 Å². The molecule has 0 unspecified atom stereocenters. The van der Waals surface area contributed by atoms with Gasteiger partial charge in [0.15, 0.2) is 0 Å². The summed E-state index contributed by atoms with van der Waals surface area (Å²) in [5, 5.41) is 3.57. The molecule has 1 nitrogen and oxygen atoms in total. The number of hydrogen-bond donors (Lipinski definition) is 1. The Balaban J connectivity index is 1.96. The summed E-state index contributed by atoms with van der Waals surface area (Å²) in [6.07, 6.45) is 16.8. The van der Waals surface area contributed by atoms with Gasteiger partial charge in [0.1, 0.15) is 0 Å². The first kappa shape index (κ1) is 15.2. The van der Waals surface area contributed by atoms with Crippen LogP contribution in [0.25, 0.3) is 0 Å². The van der Waals surface area contributed by atoms with Crippen LogP contribution in [-0.4, -0.2) is 13.1 Å². The number of rotatable bonds is 9. The van der Waals surface area contributed by atoms with Gasteiger partial charge in [-0.15, -0.1) is 0 Å². The van der Waals surface area contributed by atoms with Crippen LogP contribution in [0.4, 0.5) is 0 Å². The van der Waals surface area contributed by atoms with E-state index in [0.29, 0.717) is 0 Å². The fraction of sp³-hybridized carbons (Fsp3) is 0.647. The van der Waals surface area contributed by atoms with Gasteiger partial charge in [-0.05, 0) is 43.8 Å². The Kier molecular flexibility index (Phi) is 8.58. The Bertz CT molecular complexity index is 259. The third kappa shape index (κ3) is 6.80. The molecule has 1 aliphatic carbocycles. The van der Waals surface area contributed by atoms with E-state index in [1.807, 2.05) is 12.2 Å². The van der Waals surface area contributed by atoms with Gasteiger partial charge >= 0.3 is 0 Å². The van der Waals surface area contributed by atoms with Gasteiger partial charge in [-0.3, -0.25) is 0 Å². The van der Waals surface area contributed by atoms with Crippen LogP contribution in [0, 0.1) is 5.92 Å². The average Bonchev–Trinajstić information content (AvgIpc) is 2.42. The second-order valence-electron chi connectivity index (χ2n) is 5.33. The first-order valence-corrected chi connectivity index (χ1v) is 7.51. The molecule has 1 N–H and O–H groups in total. The van der Waals surface area contributed by atoms with Crippen LogP contribution in [0.5, 0.6) is 0 Å². The van der Waals surface area contributed by atoms with Crippen LogP contribution < -0.4 is 5.32 Å². The molecule has 0 saturated heterocycles. The predicted octanol–water partition coefficient (Wildman–Crippen LogP) is 4.63. The second kappa shape index (κ2) is 10.1.